The highest BCUT2D eigenvalue weighted by atomic mass is 16.5. The van der Waals surface area contributed by atoms with E-state index in [0.717, 1.165) is 5.56 Å². The second-order valence-corrected chi connectivity index (χ2v) is 4.26. The van der Waals surface area contributed by atoms with Gasteiger partial charge in [-0.05, 0) is 30.7 Å². The summed E-state index contributed by atoms with van der Waals surface area (Å²) in [6.45, 7) is 1.95. The molecule has 0 radical (unpaired) electrons. The van der Waals surface area contributed by atoms with Gasteiger partial charge in [0.1, 0.15) is 12.2 Å². The van der Waals surface area contributed by atoms with Crippen molar-refractivity contribution in [2.24, 2.45) is 0 Å². The fraction of sp³-hybridized carbons (Fsp3) is 0.188. The van der Waals surface area contributed by atoms with Crippen molar-refractivity contribution >= 4 is 12.0 Å². The van der Waals surface area contributed by atoms with E-state index in [0.29, 0.717) is 11.5 Å². The van der Waals surface area contributed by atoms with Crippen molar-refractivity contribution in [2.75, 3.05) is 7.11 Å². The van der Waals surface area contributed by atoms with Gasteiger partial charge in [-0.1, -0.05) is 18.2 Å². The number of carboxylic acids is 1. The molecular formula is C16H16O5. The largest absolute Gasteiger partial charge is 0.493 e. The van der Waals surface area contributed by atoms with Gasteiger partial charge in [0.05, 0.1) is 13.4 Å². The van der Waals surface area contributed by atoms with Crippen LogP contribution in [0.4, 0.5) is 0 Å². The van der Waals surface area contributed by atoms with Gasteiger partial charge >= 0.3 is 5.97 Å². The minimum absolute atomic E-state index is 0.0218. The first-order valence-corrected chi connectivity index (χ1v) is 6.39. The standard InChI is InChI=1S/C16H16O5/c1-3-4-11-5-6-13(14(9-11)19-2)21-10-15-12(16(17)18)7-8-20-15/h3-9H,10H2,1-2H3,(H,17,18)/b4-3+. The van der Waals surface area contributed by atoms with Crippen LogP contribution >= 0.6 is 0 Å². The zero-order chi connectivity index (χ0) is 15.2. The molecule has 0 aliphatic heterocycles. The third kappa shape index (κ3) is 3.45. The Morgan fingerprint density at radius 2 is 2.14 bits per heavy atom. The van der Waals surface area contributed by atoms with Crippen molar-refractivity contribution in [1.82, 2.24) is 0 Å². The van der Waals surface area contributed by atoms with Crippen LogP contribution < -0.4 is 9.47 Å². The average Bonchev–Trinajstić information content (AvgIpc) is 2.94. The summed E-state index contributed by atoms with van der Waals surface area (Å²) in [4.78, 5) is 11.0. The molecule has 110 valence electrons. The van der Waals surface area contributed by atoms with Crippen molar-refractivity contribution < 1.29 is 23.8 Å². The van der Waals surface area contributed by atoms with Crippen molar-refractivity contribution in [2.45, 2.75) is 13.5 Å². The van der Waals surface area contributed by atoms with Crippen LogP contribution in [0.2, 0.25) is 0 Å². The van der Waals surface area contributed by atoms with Crippen molar-refractivity contribution in [3.8, 4) is 11.5 Å². The first kappa shape index (κ1) is 14.7. The van der Waals surface area contributed by atoms with E-state index in [-0.39, 0.29) is 17.9 Å². The first-order chi connectivity index (χ1) is 10.2. The molecular weight excluding hydrogens is 272 g/mol. The molecule has 0 saturated carbocycles. The van der Waals surface area contributed by atoms with E-state index in [4.69, 9.17) is 19.0 Å². The Labute approximate surface area is 122 Å². The average molecular weight is 288 g/mol. The number of aromatic carboxylic acids is 1. The van der Waals surface area contributed by atoms with E-state index in [1.165, 1.54) is 12.3 Å². The van der Waals surface area contributed by atoms with Gasteiger partial charge in [-0.25, -0.2) is 4.79 Å². The van der Waals surface area contributed by atoms with Crippen LogP contribution in [0.25, 0.3) is 6.08 Å². The highest BCUT2D eigenvalue weighted by Gasteiger charge is 2.14. The number of furan rings is 1. The van der Waals surface area contributed by atoms with Crippen LogP contribution in [-0.2, 0) is 6.61 Å². The molecule has 21 heavy (non-hydrogen) atoms. The molecule has 0 aliphatic rings. The van der Waals surface area contributed by atoms with Gasteiger partial charge < -0.3 is 19.0 Å². The second-order valence-electron chi connectivity index (χ2n) is 4.26. The van der Waals surface area contributed by atoms with Crippen LogP contribution in [0.1, 0.15) is 28.6 Å². The predicted octanol–water partition coefficient (Wildman–Crippen LogP) is 3.60. The Kier molecular flexibility index (Phi) is 4.66. The van der Waals surface area contributed by atoms with Crippen molar-refractivity contribution in [3.63, 3.8) is 0 Å². The third-order valence-electron chi connectivity index (χ3n) is 2.88. The maximum Gasteiger partial charge on any atom is 0.339 e. The minimum atomic E-state index is -1.04. The number of hydrogen-bond donors (Lipinski definition) is 1. The molecule has 0 fully saturated rings. The Hall–Kier alpha value is -2.69. The Morgan fingerprint density at radius 3 is 2.81 bits per heavy atom. The number of ether oxygens (including phenoxy) is 2. The van der Waals surface area contributed by atoms with E-state index in [1.54, 1.807) is 13.2 Å². The quantitative estimate of drug-likeness (QED) is 0.879. The molecule has 2 rings (SSSR count). The number of rotatable bonds is 6. The van der Waals surface area contributed by atoms with Gasteiger partial charge in [-0.3, -0.25) is 0 Å². The molecule has 5 heteroatoms. The molecule has 0 bridgehead atoms. The molecule has 0 aliphatic carbocycles. The lowest BCUT2D eigenvalue weighted by atomic mass is 10.2. The van der Waals surface area contributed by atoms with Crippen LogP contribution in [-0.4, -0.2) is 18.2 Å². The molecule has 1 N–H and O–H groups in total. The lowest BCUT2D eigenvalue weighted by Crippen LogP contribution is -2.03. The summed E-state index contributed by atoms with van der Waals surface area (Å²) in [5, 5.41) is 9.00. The van der Waals surface area contributed by atoms with E-state index >= 15 is 0 Å². The minimum Gasteiger partial charge on any atom is -0.493 e. The lowest BCUT2D eigenvalue weighted by molar-refractivity contribution is 0.0692. The lowest BCUT2D eigenvalue weighted by Gasteiger charge is -2.10. The third-order valence-corrected chi connectivity index (χ3v) is 2.88. The number of hydrogen-bond acceptors (Lipinski definition) is 4. The van der Waals surface area contributed by atoms with Crippen molar-refractivity contribution in [1.29, 1.82) is 0 Å². The Balaban J connectivity index is 2.16. The molecule has 2 aromatic rings. The maximum atomic E-state index is 11.0. The normalized spacial score (nSPS) is 10.8. The van der Waals surface area contributed by atoms with Crippen LogP contribution in [0.15, 0.2) is 41.0 Å². The predicted molar refractivity (Wildman–Crippen MR) is 77.7 cm³/mol. The summed E-state index contributed by atoms with van der Waals surface area (Å²) in [5.41, 5.74) is 1.09. The monoisotopic (exact) mass is 288 g/mol. The summed E-state index contributed by atoms with van der Waals surface area (Å²) < 4.78 is 16.0. The van der Waals surface area contributed by atoms with Crippen LogP contribution in [0.5, 0.6) is 11.5 Å². The number of allylic oxidation sites excluding steroid dienone is 1. The van der Waals surface area contributed by atoms with E-state index < -0.39 is 5.97 Å². The number of carboxylic acid groups (broad SMARTS) is 1. The highest BCUT2D eigenvalue weighted by molar-refractivity contribution is 5.88. The van der Waals surface area contributed by atoms with Gasteiger partial charge in [-0.2, -0.15) is 0 Å². The summed E-state index contributed by atoms with van der Waals surface area (Å²) in [6, 6.07) is 6.90. The van der Waals surface area contributed by atoms with Crippen molar-refractivity contribution in [3.05, 3.63) is 53.5 Å². The molecule has 1 aromatic heterocycles. The maximum absolute atomic E-state index is 11.0. The molecule has 5 nitrogen and oxygen atoms in total. The fourth-order valence-corrected chi connectivity index (χ4v) is 1.89. The molecule has 1 heterocycles. The summed E-state index contributed by atoms with van der Waals surface area (Å²) in [7, 11) is 1.55. The highest BCUT2D eigenvalue weighted by Crippen LogP contribution is 2.29. The number of carbonyl (C=O) groups is 1. The summed E-state index contributed by atoms with van der Waals surface area (Å²) in [5.74, 6) is 0.326. The molecule has 0 atom stereocenters. The SMILES string of the molecule is C/C=C/c1ccc(OCc2occc2C(=O)O)c(OC)c1. The van der Waals surface area contributed by atoms with Crippen LogP contribution in [0, 0.1) is 0 Å². The fourth-order valence-electron chi connectivity index (χ4n) is 1.89. The molecule has 0 unspecified atom stereocenters. The molecule has 0 saturated heterocycles. The zero-order valence-electron chi connectivity index (χ0n) is 11.8. The summed E-state index contributed by atoms with van der Waals surface area (Å²) in [6.07, 6.45) is 5.20. The van der Waals surface area contributed by atoms with E-state index in [1.807, 2.05) is 31.2 Å². The van der Waals surface area contributed by atoms with E-state index in [2.05, 4.69) is 0 Å². The second kappa shape index (κ2) is 6.65. The van der Waals surface area contributed by atoms with Gasteiger partial charge in [0.15, 0.2) is 17.3 Å². The molecule has 1 aromatic carbocycles. The zero-order valence-corrected chi connectivity index (χ0v) is 11.8. The molecule has 0 amide bonds. The van der Waals surface area contributed by atoms with Gasteiger partial charge in [0.2, 0.25) is 0 Å². The smallest absolute Gasteiger partial charge is 0.339 e. The van der Waals surface area contributed by atoms with Crippen LogP contribution in [0.3, 0.4) is 0 Å². The van der Waals surface area contributed by atoms with Gasteiger partial charge in [-0.15, -0.1) is 0 Å². The Bertz CT molecular complexity index is 654. The first-order valence-electron chi connectivity index (χ1n) is 6.39. The molecule has 0 spiro atoms. The van der Waals surface area contributed by atoms with Gasteiger partial charge in [0.25, 0.3) is 0 Å². The topological polar surface area (TPSA) is 68.9 Å². The number of benzene rings is 1. The number of methoxy groups -OCH3 is 1. The van der Waals surface area contributed by atoms with Gasteiger partial charge in [0, 0.05) is 0 Å². The van der Waals surface area contributed by atoms with E-state index in [9.17, 15) is 4.79 Å². The Morgan fingerprint density at radius 1 is 1.33 bits per heavy atom. The summed E-state index contributed by atoms with van der Waals surface area (Å²) >= 11 is 0.